The summed E-state index contributed by atoms with van der Waals surface area (Å²) in [6.07, 6.45) is -14.2. The maximum Gasteiger partial charge on any atom is 0.422 e. The van der Waals surface area contributed by atoms with Gasteiger partial charge in [0.05, 0.1) is 11.1 Å². The molecular formula is C21H17F9N2O4. The van der Waals surface area contributed by atoms with E-state index in [1.54, 1.807) is 0 Å². The Kier molecular flexibility index (Phi) is 9.05. The van der Waals surface area contributed by atoms with Gasteiger partial charge >= 0.3 is 18.5 Å². The Bertz CT molecular complexity index is 1070. The molecule has 0 unspecified atom stereocenters. The van der Waals surface area contributed by atoms with E-state index in [2.05, 4.69) is 20.1 Å². The van der Waals surface area contributed by atoms with E-state index in [1.807, 2.05) is 0 Å². The maximum absolute atomic E-state index is 12.8. The van der Waals surface area contributed by atoms with E-state index in [4.69, 9.17) is 0 Å². The number of amides is 2. The Morgan fingerprint density at radius 3 is 1.89 bits per heavy atom. The van der Waals surface area contributed by atoms with Crippen LogP contribution in [0.2, 0.25) is 0 Å². The van der Waals surface area contributed by atoms with E-state index in [0.717, 1.165) is 36.4 Å². The average molecular weight is 532 g/mol. The summed E-state index contributed by atoms with van der Waals surface area (Å²) in [5.41, 5.74) is -1.95. The van der Waals surface area contributed by atoms with Crippen LogP contribution < -0.4 is 20.1 Å². The van der Waals surface area contributed by atoms with Gasteiger partial charge in [0.1, 0.15) is 11.5 Å². The maximum atomic E-state index is 12.8. The minimum absolute atomic E-state index is 0.302. The number of rotatable bonds is 9. The third kappa shape index (κ3) is 9.54. The van der Waals surface area contributed by atoms with Crippen molar-refractivity contribution < 1.29 is 58.6 Å². The van der Waals surface area contributed by atoms with Crippen LogP contribution >= 0.6 is 0 Å². The smallest absolute Gasteiger partial charge is 0.422 e. The van der Waals surface area contributed by atoms with E-state index in [9.17, 15) is 49.1 Å². The molecule has 2 aromatic carbocycles. The molecule has 198 valence electrons. The molecule has 0 heterocycles. The molecule has 0 aliphatic heterocycles. The predicted octanol–water partition coefficient (Wildman–Crippen LogP) is 4.75. The van der Waals surface area contributed by atoms with E-state index >= 15 is 0 Å². The molecule has 2 aromatic rings. The molecule has 0 saturated carbocycles. The highest BCUT2D eigenvalue weighted by molar-refractivity contribution is 5.97. The molecular weight excluding hydrogens is 515 g/mol. The van der Waals surface area contributed by atoms with E-state index < -0.39 is 66.2 Å². The summed E-state index contributed by atoms with van der Waals surface area (Å²) in [5, 5.41) is 4.45. The van der Waals surface area contributed by atoms with Gasteiger partial charge in [-0.15, -0.1) is 0 Å². The van der Waals surface area contributed by atoms with Crippen molar-refractivity contribution in [3.05, 3.63) is 59.2 Å². The lowest BCUT2D eigenvalue weighted by atomic mass is 10.1. The van der Waals surface area contributed by atoms with Gasteiger partial charge in [-0.05, 0) is 36.4 Å². The summed E-state index contributed by atoms with van der Waals surface area (Å²) >= 11 is 0. The van der Waals surface area contributed by atoms with Crippen molar-refractivity contribution in [1.82, 2.24) is 10.6 Å². The first-order chi connectivity index (χ1) is 16.5. The van der Waals surface area contributed by atoms with Gasteiger partial charge in [-0.2, -0.15) is 39.5 Å². The number of carbonyl (C=O) groups is 2. The van der Waals surface area contributed by atoms with Gasteiger partial charge < -0.3 is 20.1 Å². The number of benzene rings is 2. The topological polar surface area (TPSA) is 76.7 Å². The normalized spacial score (nSPS) is 12.1. The summed E-state index contributed by atoms with van der Waals surface area (Å²) in [4.78, 5) is 24.5. The van der Waals surface area contributed by atoms with Gasteiger partial charge in [0.25, 0.3) is 11.8 Å². The summed E-state index contributed by atoms with van der Waals surface area (Å²) in [6.45, 7) is -4.15. The summed E-state index contributed by atoms with van der Waals surface area (Å²) in [6, 6.07) is 5.97. The molecule has 0 fully saturated rings. The number of ether oxygens (including phenoxy) is 2. The number of hydrogen-bond donors (Lipinski definition) is 2. The molecule has 2 N–H and O–H groups in total. The molecule has 15 heteroatoms. The largest absolute Gasteiger partial charge is 0.484 e. The van der Waals surface area contributed by atoms with Crippen molar-refractivity contribution in [2.24, 2.45) is 0 Å². The van der Waals surface area contributed by atoms with Crippen LogP contribution in [0.1, 0.15) is 26.3 Å². The van der Waals surface area contributed by atoms with Crippen LogP contribution in [0.4, 0.5) is 39.5 Å². The van der Waals surface area contributed by atoms with E-state index in [0.29, 0.717) is 6.07 Å². The van der Waals surface area contributed by atoms with Crippen molar-refractivity contribution in [1.29, 1.82) is 0 Å². The lowest BCUT2D eigenvalue weighted by Crippen LogP contribution is -2.35. The monoisotopic (exact) mass is 532 g/mol. The molecule has 2 amide bonds. The molecule has 0 saturated heterocycles. The first-order valence-corrected chi connectivity index (χ1v) is 9.82. The van der Waals surface area contributed by atoms with Crippen molar-refractivity contribution in [3.63, 3.8) is 0 Å². The standard InChI is InChI=1S/C21H17F9N2O4/c22-19(23,24)10-35-14-4-5-16(36-11-20(25,26)27)15(9-14)18(34)32-7-6-31-17(33)12-2-1-3-13(8-12)21(28,29)30/h1-5,8-9H,6-7,10-11H2,(H,31,33)(H,32,34). The van der Waals surface area contributed by atoms with Crippen LogP contribution in [0.15, 0.2) is 42.5 Å². The predicted molar refractivity (Wildman–Crippen MR) is 106 cm³/mol. The van der Waals surface area contributed by atoms with Crippen LogP contribution in [0.5, 0.6) is 11.5 Å². The number of hydrogen-bond acceptors (Lipinski definition) is 4. The average Bonchev–Trinajstić information content (AvgIpc) is 2.77. The van der Waals surface area contributed by atoms with Crippen molar-refractivity contribution in [2.75, 3.05) is 26.3 Å². The van der Waals surface area contributed by atoms with Crippen molar-refractivity contribution >= 4 is 11.8 Å². The molecule has 0 aliphatic rings. The van der Waals surface area contributed by atoms with Crippen LogP contribution in [-0.2, 0) is 6.18 Å². The first kappa shape index (κ1) is 28.6. The second-order valence-electron chi connectivity index (χ2n) is 7.06. The number of alkyl halides is 9. The fourth-order valence-electron chi connectivity index (χ4n) is 2.61. The molecule has 0 aliphatic carbocycles. The molecule has 2 rings (SSSR count). The Morgan fingerprint density at radius 1 is 0.722 bits per heavy atom. The van der Waals surface area contributed by atoms with Crippen LogP contribution in [0.25, 0.3) is 0 Å². The number of halogens is 9. The third-order valence-corrected chi connectivity index (χ3v) is 4.14. The minimum atomic E-state index is -4.77. The van der Waals surface area contributed by atoms with Gasteiger partial charge in [0.2, 0.25) is 0 Å². The second kappa shape index (κ2) is 11.4. The lowest BCUT2D eigenvalue weighted by Gasteiger charge is -2.15. The van der Waals surface area contributed by atoms with Gasteiger partial charge in [-0.1, -0.05) is 6.07 Å². The van der Waals surface area contributed by atoms with E-state index in [1.165, 1.54) is 0 Å². The van der Waals surface area contributed by atoms with Gasteiger partial charge in [0, 0.05) is 18.7 Å². The highest BCUT2D eigenvalue weighted by atomic mass is 19.4. The van der Waals surface area contributed by atoms with Crippen LogP contribution in [-0.4, -0.2) is 50.5 Å². The van der Waals surface area contributed by atoms with Gasteiger partial charge in [0.15, 0.2) is 13.2 Å². The van der Waals surface area contributed by atoms with E-state index in [-0.39, 0.29) is 18.7 Å². The molecule has 0 aromatic heterocycles. The Hall–Kier alpha value is -3.65. The van der Waals surface area contributed by atoms with Gasteiger partial charge in [-0.25, -0.2) is 0 Å². The molecule has 0 atom stereocenters. The zero-order valence-corrected chi connectivity index (χ0v) is 17.9. The van der Waals surface area contributed by atoms with Crippen LogP contribution in [0, 0.1) is 0 Å². The number of nitrogens with one attached hydrogen (secondary N) is 2. The van der Waals surface area contributed by atoms with Crippen molar-refractivity contribution in [2.45, 2.75) is 18.5 Å². The highest BCUT2D eigenvalue weighted by Crippen LogP contribution is 2.30. The fourth-order valence-corrected chi connectivity index (χ4v) is 2.61. The highest BCUT2D eigenvalue weighted by Gasteiger charge is 2.32. The minimum Gasteiger partial charge on any atom is -0.484 e. The fraction of sp³-hybridized carbons (Fsp3) is 0.333. The Balaban J connectivity index is 2.03. The Morgan fingerprint density at radius 2 is 1.31 bits per heavy atom. The number of carbonyl (C=O) groups excluding carboxylic acids is 2. The van der Waals surface area contributed by atoms with Crippen LogP contribution in [0.3, 0.4) is 0 Å². The lowest BCUT2D eigenvalue weighted by molar-refractivity contribution is -0.154. The second-order valence-corrected chi connectivity index (χ2v) is 7.06. The molecule has 0 radical (unpaired) electrons. The first-order valence-electron chi connectivity index (χ1n) is 9.82. The molecule has 0 bridgehead atoms. The molecule has 36 heavy (non-hydrogen) atoms. The SMILES string of the molecule is O=C(NCCNC(=O)c1cc(OCC(F)(F)F)ccc1OCC(F)(F)F)c1cccc(C(F)(F)F)c1. The summed E-state index contributed by atoms with van der Waals surface area (Å²) in [7, 11) is 0. The molecule has 6 nitrogen and oxygen atoms in total. The molecule has 0 spiro atoms. The zero-order valence-electron chi connectivity index (χ0n) is 17.9. The summed E-state index contributed by atoms with van der Waals surface area (Å²) < 4.78 is 122. The van der Waals surface area contributed by atoms with Gasteiger partial charge in [-0.3, -0.25) is 9.59 Å². The van der Waals surface area contributed by atoms with Crippen molar-refractivity contribution in [3.8, 4) is 11.5 Å². The summed E-state index contributed by atoms with van der Waals surface area (Å²) in [5.74, 6) is -3.04. The quantitative estimate of drug-likeness (QED) is 0.361. The zero-order chi connectivity index (χ0) is 27.1. The Labute approximate surface area is 197 Å². The third-order valence-electron chi connectivity index (χ3n) is 4.14.